The average Bonchev–Trinajstić information content (AvgIpc) is 2.29. The zero-order valence-electron chi connectivity index (χ0n) is 11.2. The van der Waals surface area contributed by atoms with Gasteiger partial charge in [-0.3, -0.25) is 0 Å². The molecule has 1 aromatic carbocycles. The van der Waals surface area contributed by atoms with Gasteiger partial charge in [0.05, 0.1) is 4.90 Å². The fourth-order valence-electron chi connectivity index (χ4n) is 2.37. The number of nitrogens with two attached hydrogens (primary N) is 1. The summed E-state index contributed by atoms with van der Waals surface area (Å²) in [5, 5.41) is 5.06. The Morgan fingerprint density at radius 2 is 1.59 bits per heavy atom. The van der Waals surface area contributed by atoms with E-state index in [9.17, 15) is 8.42 Å². The topological polar surface area (TPSA) is 60.2 Å². The summed E-state index contributed by atoms with van der Waals surface area (Å²) in [4.78, 5) is 0.201. The second-order valence-corrected chi connectivity index (χ2v) is 6.01. The van der Waals surface area contributed by atoms with Gasteiger partial charge in [0.25, 0.3) is 0 Å². The molecule has 1 saturated carbocycles. The van der Waals surface area contributed by atoms with E-state index in [2.05, 4.69) is 0 Å². The maximum Gasteiger partial charge on any atom is 1.00 e. The zero-order valence-corrected chi connectivity index (χ0v) is 14.2. The Kier molecular flexibility index (Phi) is 6.32. The van der Waals surface area contributed by atoms with Crippen molar-refractivity contribution < 1.29 is 61.2 Å². The van der Waals surface area contributed by atoms with Gasteiger partial charge in [-0.1, -0.05) is 31.4 Å². The van der Waals surface area contributed by atoms with Gasteiger partial charge in [-0.25, -0.2) is 13.6 Å². The standard InChI is InChI=1S/C12H17NO2S.K.H/c13-16(14,15)12-8-6-11(7-9-12)10-4-2-1-3-5-10;;/h6-10H,1-5H2,(H2,13,14,15);;/q;+1;-1. The van der Waals surface area contributed by atoms with Crippen molar-refractivity contribution in [2.24, 2.45) is 5.14 Å². The quantitative estimate of drug-likeness (QED) is 0.742. The first-order valence-corrected chi connectivity index (χ1v) is 7.25. The maximum absolute atomic E-state index is 11.1. The Bertz CT molecular complexity index is 455. The molecule has 0 aliphatic heterocycles. The van der Waals surface area contributed by atoms with Crippen LogP contribution in [0.3, 0.4) is 0 Å². The zero-order chi connectivity index (χ0) is 11.6. The Morgan fingerprint density at radius 1 is 1.06 bits per heavy atom. The first-order chi connectivity index (χ1) is 7.57. The molecule has 1 fully saturated rings. The van der Waals surface area contributed by atoms with Crippen LogP contribution in [-0.2, 0) is 10.0 Å². The average molecular weight is 279 g/mol. The van der Waals surface area contributed by atoms with Crippen LogP contribution in [0.25, 0.3) is 0 Å². The molecule has 2 rings (SSSR count). The molecule has 17 heavy (non-hydrogen) atoms. The molecule has 0 aromatic heterocycles. The Balaban J connectivity index is 0.00000144. The van der Waals surface area contributed by atoms with Gasteiger partial charge < -0.3 is 1.43 Å². The Morgan fingerprint density at radius 3 is 2.06 bits per heavy atom. The molecular formula is C12H18KNO2S. The van der Waals surface area contributed by atoms with Crippen LogP contribution in [0.5, 0.6) is 0 Å². The fraction of sp³-hybridized carbons (Fsp3) is 0.500. The molecule has 0 spiro atoms. The van der Waals surface area contributed by atoms with Crippen LogP contribution in [0.1, 0.15) is 45.0 Å². The molecule has 0 atom stereocenters. The van der Waals surface area contributed by atoms with Gasteiger partial charge in [0.2, 0.25) is 10.0 Å². The van der Waals surface area contributed by atoms with E-state index >= 15 is 0 Å². The molecular weight excluding hydrogens is 261 g/mol. The van der Waals surface area contributed by atoms with Crippen LogP contribution in [-0.4, -0.2) is 8.42 Å². The second kappa shape index (κ2) is 6.79. The summed E-state index contributed by atoms with van der Waals surface area (Å²) in [6.45, 7) is 0. The fourth-order valence-corrected chi connectivity index (χ4v) is 2.88. The molecule has 1 aliphatic carbocycles. The minimum atomic E-state index is -3.55. The first-order valence-electron chi connectivity index (χ1n) is 5.70. The van der Waals surface area contributed by atoms with Gasteiger partial charge in [-0.15, -0.1) is 0 Å². The van der Waals surface area contributed by atoms with Crippen LogP contribution >= 0.6 is 0 Å². The van der Waals surface area contributed by atoms with Crippen molar-refractivity contribution in [2.75, 3.05) is 0 Å². The molecule has 1 aliphatic rings. The van der Waals surface area contributed by atoms with E-state index < -0.39 is 10.0 Å². The molecule has 2 N–H and O–H groups in total. The predicted molar refractivity (Wildman–Crippen MR) is 64.8 cm³/mol. The molecule has 0 saturated heterocycles. The smallest absolute Gasteiger partial charge is 1.00 e. The van der Waals surface area contributed by atoms with Crippen molar-refractivity contribution in [1.29, 1.82) is 0 Å². The summed E-state index contributed by atoms with van der Waals surface area (Å²) in [6, 6.07) is 7.02. The number of primary sulfonamides is 1. The molecule has 1 aromatic rings. The van der Waals surface area contributed by atoms with E-state index in [1.165, 1.54) is 37.7 Å². The number of hydrogen-bond acceptors (Lipinski definition) is 2. The normalized spacial score (nSPS) is 17.5. The van der Waals surface area contributed by atoms with Gasteiger partial charge in [0.15, 0.2) is 0 Å². The molecule has 0 unspecified atom stereocenters. The van der Waals surface area contributed by atoms with E-state index in [1.807, 2.05) is 12.1 Å². The minimum absolute atomic E-state index is 0. The molecule has 90 valence electrons. The van der Waals surface area contributed by atoms with Crippen molar-refractivity contribution in [3.63, 3.8) is 0 Å². The monoisotopic (exact) mass is 279 g/mol. The number of hydrogen-bond donors (Lipinski definition) is 1. The van der Waals surface area contributed by atoms with Crippen molar-refractivity contribution in [1.82, 2.24) is 0 Å². The van der Waals surface area contributed by atoms with Crippen molar-refractivity contribution >= 4 is 10.0 Å². The molecule has 3 nitrogen and oxygen atoms in total. The van der Waals surface area contributed by atoms with Gasteiger partial charge in [0, 0.05) is 0 Å². The largest absolute Gasteiger partial charge is 1.00 e. The van der Waals surface area contributed by atoms with Crippen molar-refractivity contribution in [3.8, 4) is 0 Å². The van der Waals surface area contributed by atoms with Crippen LogP contribution in [0.4, 0.5) is 0 Å². The number of benzene rings is 1. The first kappa shape index (κ1) is 15.8. The molecule has 0 radical (unpaired) electrons. The maximum atomic E-state index is 11.1. The van der Waals surface area contributed by atoms with E-state index in [0.717, 1.165) is 0 Å². The Hall–Kier alpha value is 0.766. The third kappa shape index (κ3) is 4.42. The van der Waals surface area contributed by atoms with Crippen molar-refractivity contribution in [3.05, 3.63) is 29.8 Å². The SMILES string of the molecule is NS(=O)(=O)c1ccc(C2CCCCC2)cc1.[H-].[K+]. The molecule has 5 heteroatoms. The minimum Gasteiger partial charge on any atom is -1.00 e. The molecule has 0 bridgehead atoms. The van der Waals surface area contributed by atoms with Crippen LogP contribution < -0.4 is 56.5 Å². The third-order valence-electron chi connectivity index (χ3n) is 3.29. The van der Waals surface area contributed by atoms with Crippen molar-refractivity contribution in [2.45, 2.75) is 42.9 Å². The van der Waals surface area contributed by atoms with Gasteiger partial charge in [0.1, 0.15) is 0 Å². The number of sulfonamides is 1. The van der Waals surface area contributed by atoms with Gasteiger partial charge in [-0.05, 0) is 36.5 Å². The molecule has 0 amide bonds. The van der Waals surface area contributed by atoms with Gasteiger partial charge in [-0.2, -0.15) is 0 Å². The Labute approximate surface area is 147 Å². The second-order valence-electron chi connectivity index (χ2n) is 4.45. The van der Waals surface area contributed by atoms with E-state index in [4.69, 9.17) is 5.14 Å². The summed E-state index contributed by atoms with van der Waals surface area (Å²) < 4.78 is 22.2. The summed E-state index contributed by atoms with van der Waals surface area (Å²) >= 11 is 0. The summed E-state index contributed by atoms with van der Waals surface area (Å²) in [7, 11) is -3.55. The third-order valence-corrected chi connectivity index (χ3v) is 4.21. The van der Waals surface area contributed by atoms with E-state index in [-0.39, 0.29) is 57.7 Å². The summed E-state index contributed by atoms with van der Waals surface area (Å²) in [6.07, 6.45) is 6.32. The summed E-state index contributed by atoms with van der Waals surface area (Å²) in [5.74, 6) is 0.600. The van der Waals surface area contributed by atoms with E-state index in [1.54, 1.807) is 12.1 Å². The van der Waals surface area contributed by atoms with Crippen LogP contribution in [0.2, 0.25) is 0 Å². The number of rotatable bonds is 2. The summed E-state index contributed by atoms with van der Waals surface area (Å²) in [5.41, 5.74) is 1.24. The van der Waals surface area contributed by atoms with Crippen LogP contribution in [0, 0.1) is 0 Å². The predicted octanol–water partition coefficient (Wildman–Crippen LogP) is -0.502. The van der Waals surface area contributed by atoms with Crippen LogP contribution in [0.15, 0.2) is 29.2 Å². The van der Waals surface area contributed by atoms with Gasteiger partial charge >= 0.3 is 51.4 Å². The molecule has 0 heterocycles. The van der Waals surface area contributed by atoms with E-state index in [0.29, 0.717) is 5.92 Å².